The van der Waals surface area contributed by atoms with Crippen LogP contribution in [0.15, 0.2) is 0 Å². The van der Waals surface area contributed by atoms with Gasteiger partial charge in [-0.2, -0.15) is 5.26 Å². The maximum atomic E-state index is 12.0. The van der Waals surface area contributed by atoms with Crippen LogP contribution in [0.1, 0.15) is 60.3 Å². The molecule has 1 N–H and O–H groups in total. The minimum absolute atomic E-state index is 0.160. The Morgan fingerprint density at radius 2 is 1.87 bits per heavy atom. The van der Waals surface area contributed by atoms with E-state index in [9.17, 15) is 4.79 Å². The number of nitrogens with one attached hydrogen (secondary N) is 1. The summed E-state index contributed by atoms with van der Waals surface area (Å²) in [6.45, 7) is 13.6. The summed E-state index contributed by atoms with van der Waals surface area (Å²) in [5.41, 5.74) is -0.266. The lowest BCUT2D eigenvalue weighted by molar-refractivity contribution is 0.0183. The standard InChI is InChI=1S/C18H33N3O2/c1-17(2,3)23-16(22)21-11-7-15(8-12-21)13-20-14-18(4,5)9-6-10-19/h15,20H,6-9,11-14H2,1-5H3. The first-order valence-electron chi connectivity index (χ1n) is 8.68. The van der Waals surface area contributed by atoms with E-state index >= 15 is 0 Å². The Morgan fingerprint density at radius 1 is 1.26 bits per heavy atom. The molecule has 0 aliphatic carbocycles. The molecule has 0 spiro atoms. The molecule has 0 unspecified atom stereocenters. The van der Waals surface area contributed by atoms with Crippen molar-refractivity contribution >= 4 is 6.09 Å². The first-order valence-corrected chi connectivity index (χ1v) is 8.68. The molecule has 0 bridgehead atoms. The van der Waals surface area contributed by atoms with Gasteiger partial charge in [0.15, 0.2) is 0 Å². The largest absolute Gasteiger partial charge is 0.444 e. The third-order valence-corrected chi connectivity index (χ3v) is 4.22. The van der Waals surface area contributed by atoms with Crippen molar-refractivity contribution in [3.63, 3.8) is 0 Å². The number of carbonyl (C=O) groups excluding carboxylic acids is 1. The van der Waals surface area contributed by atoms with Crippen LogP contribution in [-0.4, -0.2) is 42.8 Å². The second kappa shape index (κ2) is 8.54. The maximum absolute atomic E-state index is 12.0. The highest BCUT2D eigenvalue weighted by Gasteiger charge is 2.27. The summed E-state index contributed by atoms with van der Waals surface area (Å²) >= 11 is 0. The Kier molecular flexibility index (Phi) is 7.34. The predicted molar refractivity (Wildman–Crippen MR) is 92.0 cm³/mol. The molecule has 1 fully saturated rings. The Hall–Kier alpha value is -1.28. The van der Waals surface area contributed by atoms with Gasteiger partial charge in [0.25, 0.3) is 0 Å². The van der Waals surface area contributed by atoms with Gasteiger partial charge in [-0.25, -0.2) is 4.79 Å². The lowest BCUT2D eigenvalue weighted by Gasteiger charge is -2.34. The van der Waals surface area contributed by atoms with Gasteiger partial charge in [-0.15, -0.1) is 0 Å². The molecule has 1 aliphatic heterocycles. The fraction of sp³-hybridized carbons (Fsp3) is 0.889. The van der Waals surface area contributed by atoms with Gasteiger partial charge in [-0.05, 0) is 57.9 Å². The lowest BCUT2D eigenvalue weighted by atomic mass is 9.87. The van der Waals surface area contributed by atoms with Crippen molar-refractivity contribution in [3.05, 3.63) is 0 Å². The number of ether oxygens (including phenoxy) is 1. The van der Waals surface area contributed by atoms with Crippen LogP contribution in [0.5, 0.6) is 0 Å². The molecule has 1 rings (SSSR count). The van der Waals surface area contributed by atoms with E-state index in [0.29, 0.717) is 12.3 Å². The van der Waals surface area contributed by atoms with Crippen molar-refractivity contribution in [3.8, 4) is 6.07 Å². The zero-order valence-electron chi connectivity index (χ0n) is 15.4. The van der Waals surface area contributed by atoms with Gasteiger partial charge in [0.1, 0.15) is 5.60 Å². The highest BCUT2D eigenvalue weighted by molar-refractivity contribution is 5.68. The van der Waals surface area contributed by atoms with Crippen LogP contribution in [0.2, 0.25) is 0 Å². The van der Waals surface area contributed by atoms with E-state index in [4.69, 9.17) is 10.00 Å². The number of nitrogens with zero attached hydrogens (tertiary/aromatic N) is 2. The summed E-state index contributed by atoms with van der Waals surface area (Å²) in [7, 11) is 0. The smallest absolute Gasteiger partial charge is 0.410 e. The monoisotopic (exact) mass is 323 g/mol. The zero-order valence-corrected chi connectivity index (χ0v) is 15.4. The lowest BCUT2D eigenvalue weighted by Crippen LogP contribution is -2.43. The topological polar surface area (TPSA) is 65.4 Å². The summed E-state index contributed by atoms with van der Waals surface area (Å²) in [5.74, 6) is 0.612. The molecule has 23 heavy (non-hydrogen) atoms. The Bertz CT molecular complexity index is 413. The van der Waals surface area contributed by atoms with Crippen molar-refractivity contribution in [2.45, 2.75) is 65.9 Å². The third kappa shape index (κ3) is 8.22. The van der Waals surface area contributed by atoms with Crippen LogP contribution < -0.4 is 5.32 Å². The van der Waals surface area contributed by atoms with Gasteiger partial charge in [-0.3, -0.25) is 0 Å². The fourth-order valence-corrected chi connectivity index (χ4v) is 2.74. The molecular formula is C18H33N3O2. The molecule has 0 aromatic rings. The SMILES string of the molecule is CC(C)(CCC#N)CNCC1CCN(C(=O)OC(C)(C)C)CC1. The first-order chi connectivity index (χ1) is 10.6. The Balaban J connectivity index is 2.24. The zero-order chi connectivity index (χ0) is 17.5. The second-order valence-electron chi connectivity index (χ2n) is 8.36. The quantitative estimate of drug-likeness (QED) is 0.812. The summed E-state index contributed by atoms with van der Waals surface area (Å²) in [5, 5.41) is 12.2. The van der Waals surface area contributed by atoms with E-state index in [1.807, 2.05) is 25.7 Å². The van der Waals surface area contributed by atoms with Crippen LogP contribution in [0, 0.1) is 22.7 Å². The maximum Gasteiger partial charge on any atom is 0.410 e. The molecule has 0 aromatic carbocycles. The van der Waals surface area contributed by atoms with Crippen molar-refractivity contribution in [2.75, 3.05) is 26.2 Å². The first kappa shape index (κ1) is 19.8. The van der Waals surface area contributed by atoms with Gasteiger partial charge in [0, 0.05) is 26.1 Å². The molecule has 1 aliphatic rings. The Labute approximate surface area is 141 Å². The van der Waals surface area contributed by atoms with Crippen LogP contribution in [0.3, 0.4) is 0 Å². The van der Waals surface area contributed by atoms with Gasteiger partial charge in [0.05, 0.1) is 6.07 Å². The van der Waals surface area contributed by atoms with E-state index in [-0.39, 0.29) is 11.5 Å². The van der Waals surface area contributed by atoms with E-state index < -0.39 is 5.60 Å². The molecule has 1 amide bonds. The van der Waals surface area contributed by atoms with Gasteiger partial charge in [0.2, 0.25) is 0 Å². The number of piperidine rings is 1. The van der Waals surface area contributed by atoms with Crippen molar-refractivity contribution < 1.29 is 9.53 Å². The summed E-state index contributed by atoms with van der Waals surface area (Å²) in [4.78, 5) is 13.8. The van der Waals surface area contributed by atoms with Gasteiger partial charge >= 0.3 is 6.09 Å². The van der Waals surface area contributed by atoms with Crippen LogP contribution in [-0.2, 0) is 4.74 Å². The summed E-state index contributed by atoms with van der Waals surface area (Å²) < 4.78 is 5.42. The molecule has 0 atom stereocenters. The average molecular weight is 323 g/mol. The van der Waals surface area contributed by atoms with E-state index in [2.05, 4.69) is 25.2 Å². The average Bonchev–Trinajstić information content (AvgIpc) is 2.44. The molecule has 1 saturated heterocycles. The van der Waals surface area contributed by atoms with Gasteiger partial charge < -0.3 is 15.0 Å². The second-order valence-corrected chi connectivity index (χ2v) is 8.36. The molecule has 1 heterocycles. The van der Waals surface area contributed by atoms with Crippen LogP contribution >= 0.6 is 0 Å². The van der Waals surface area contributed by atoms with E-state index in [0.717, 1.165) is 45.4 Å². The van der Waals surface area contributed by atoms with Crippen molar-refractivity contribution in [1.29, 1.82) is 5.26 Å². The molecule has 5 nitrogen and oxygen atoms in total. The normalized spacial score (nSPS) is 17.0. The number of likely N-dealkylation sites (tertiary alicyclic amines) is 1. The number of hydrogen-bond donors (Lipinski definition) is 1. The minimum atomic E-state index is -0.426. The number of nitriles is 1. The minimum Gasteiger partial charge on any atom is -0.444 e. The highest BCUT2D eigenvalue weighted by atomic mass is 16.6. The van der Waals surface area contributed by atoms with Crippen molar-refractivity contribution in [1.82, 2.24) is 10.2 Å². The molecule has 132 valence electrons. The van der Waals surface area contributed by atoms with Crippen molar-refractivity contribution in [2.24, 2.45) is 11.3 Å². The number of hydrogen-bond acceptors (Lipinski definition) is 4. The Morgan fingerprint density at radius 3 is 2.39 bits per heavy atom. The molecule has 0 aromatic heterocycles. The van der Waals surface area contributed by atoms with Gasteiger partial charge in [-0.1, -0.05) is 13.8 Å². The van der Waals surface area contributed by atoms with E-state index in [1.165, 1.54) is 0 Å². The number of rotatable bonds is 6. The van der Waals surface area contributed by atoms with Crippen LogP contribution in [0.4, 0.5) is 4.79 Å². The third-order valence-electron chi connectivity index (χ3n) is 4.22. The van der Waals surface area contributed by atoms with Crippen LogP contribution in [0.25, 0.3) is 0 Å². The number of carbonyl (C=O) groups is 1. The molecule has 5 heteroatoms. The van der Waals surface area contributed by atoms with E-state index in [1.54, 1.807) is 0 Å². The number of amides is 1. The molecule has 0 saturated carbocycles. The molecule has 0 radical (unpaired) electrons. The molecular weight excluding hydrogens is 290 g/mol. The fourth-order valence-electron chi connectivity index (χ4n) is 2.74. The summed E-state index contributed by atoms with van der Waals surface area (Å²) in [6, 6.07) is 2.22. The highest BCUT2D eigenvalue weighted by Crippen LogP contribution is 2.22. The summed E-state index contributed by atoms with van der Waals surface area (Å²) in [6.07, 6.45) is 3.38. The predicted octanol–water partition coefficient (Wildman–Crippen LogP) is 3.55.